The standard InChI is InChI=1S/C13H13NO.C11H14O2/c14-13-11-6-9-4-2-1-3-8(9)5-10(11)7-12(13)15;1-3-10(11(12)13)9-6-4-8(2)5-7-9/h1-6,12-13,15H,7,14H2;4-7,10H,3H2,1-2H3,(H,12,13)/t12-,13+;10-/m00/s1. The first-order chi connectivity index (χ1) is 13.4. The highest BCUT2D eigenvalue weighted by Gasteiger charge is 2.27. The Morgan fingerprint density at radius 1 is 1.11 bits per heavy atom. The molecule has 0 saturated carbocycles. The fourth-order valence-corrected chi connectivity index (χ4v) is 3.70. The molecule has 0 unspecified atom stereocenters. The summed E-state index contributed by atoms with van der Waals surface area (Å²) >= 11 is 0. The van der Waals surface area contributed by atoms with Crippen LogP contribution in [0.2, 0.25) is 0 Å². The van der Waals surface area contributed by atoms with Crippen LogP contribution in [0.25, 0.3) is 10.8 Å². The van der Waals surface area contributed by atoms with E-state index >= 15 is 0 Å². The van der Waals surface area contributed by atoms with Gasteiger partial charge in [-0.25, -0.2) is 0 Å². The maximum absolute atomic E-state index is 10.8. The summed E-state index contributed by atoms with van der Waals surface area (Å²) in [6.07, 6.45) is 0.900. The number of aliphatic carboxylic acids is 1. The zero-order chi connectivity index (χ0) is 20.3. The van der Waals surface area contributed by atoms with Gasteiger partial charge < -0.3 is 15.9 Å². The summed E-state index contributed by atoms with van der Waals surface area (Å²) in [5, 5.41) is 21.0. The van der Waals surface area contributed by atoms with E-state index in [1.165, 1.54) is 16.3 Å². The van der Waals surface area contributed by atoms with Crippen molar-refractivity contribution in [3.05, 3.63) is 82.9 Å². The summed E-state index contributed by atoms with van der Waals surface area (Å²) < 4.78 is 0. The molecule has 0 heterocycles. The third-order valence-corrected chi connectivity index (χ3v) is 5.40. The summed E-state index contributed by atoms with van der Waals surface area (Å²) in [5.41, 5.74) is 10.3. The highest BCUT2D eigenvalue weighted by Crippen LogP contribution is 2.32. The number of carboxylic acid groups (broad SMARTS) is 1. The normalized spacial score (nSPS) is 18.9. The van der Waals surface area contributed by atoms with E-state index in [1.54, 1.807) is 0 Å². The van der Waals surface area contributed by atoms with E-state index in [0.717, 1.165) is 16.7 Å². The third kappa shape index (κ3) is 4.24. The minimum absolute atomic E-state index is 0.218. The molecule has 1 aliphatic rings. The third-order valence-electron chi connectivity index (χ3n) is 5.40. The lowest BCUT2D eigenvalue weighted by molar-refractivity contribution is -0.138. The summed E-state index contributed by atoms with van der Waals surface area (Å²) in [7, 11) is 0. The van der Waals surface area contributed by atoms with Crippen LogP contribution >= 0.6 is 0 Å². The van der Waals surface area contributed by atoms with Crippen LogP contribution in [0.15, 0.2) is 60.7 Å². The van der Waals surface area contributed by atoms with Crippen LogP contribution in [-0.4, -0.2) is 22.3 Å². The zero-order valence-electron chi connectivity index (χ0n) is 16.3. The predicted octanol–water partition coefficient (Wildman–Crippen LogP) is 4.33. The van der Waals surface area contributed by atoms with Crippen molar-refractivity contribution in [2.75, 3.05) is 0 Å². The molecule has 1 aliphatic carbocycles. The second-order valence-corrected chi connectivity index (χ2v) is 7.41. The molecule has 0 amide bonds. The van der Waals surface area contributed by atoms with Gasteiger partial charge in [0.15, 0.2) is 0 Å². The summed E-state index contributed by atoms with van der Waals surface area (Å²) in [5.74, 6) is -1.10. The highest BCUT2D eigenvalue weighted by molar-refractivity contribution is 5.84. The topological polar surface area (TPSA) is 83.5 Å². The van der Waals surface area contributed by atoms with E-state index in [1.807, 2.05) is 50.2 Å². The molecule has 0 aromatic heterocycles. The number of hydrogen-bond donors (Lipinski definition) is 3. The maximum atomic E-state index is 10.8. The molecule has 0 aliphatic heterocycles. The Morgan fingerprint density at radius 3 is 2.29 bits per heavy atom. The monoisotopic (exact) mass is 377 g/mol. The Balaban J connectivity index is 0.000000163. The molecule has 0 fully saturated rings. The minimum atomic E-state index is -0.744. The highest BCUT2D eigenvalue weighted by atomic mass is 16.4. The van der Waals surface area contributed by atoms with E-state index in [-0.39, 0.29) is 12.0 Å². The number of carboxylic acids is 1. The van der Waals surface area contributed by atoms with Crippen molar-refractivity contribution in [1.82, 2.24) is 0 Å². The molecular weight excluding hydrogens is 350 g/mol. The van der Waals surface area contributed by atoms with E-state index in [9.17, 15) is 9.90 Å². The number of aliphatic hydroxyl groups excluding tert-OH is 1. The number of aryl methyl sites for hydroxylation is 1. The number of rotatable bonds is 3. The largest absolute Gasteiger partial charge is 0.481 e. The van der Waals surface area contributed by atoms with Gasteiger partial charge in [-0.2, -0.15) is 0 Å². The van der Waals surface area contributed by atoms with Gasteiger partial charge in [0.2, 0.25) is 0 Å². The van der Waals surface area contributed by atoms with Crippen molar-refractivity contribution < 1.29 is 15.0 Å². The first-order valence-electron chi connectivity index (χ1n) is 9.65. The van der Waals surface area contributed by atoms with Gasteiger partial charge in [0.1, 0.15) is 0 Å². The molecule has 3 aromatic carbocycles. The van der Waals surface area contributed by atoms with Crippen LogP contribution in [0.3, 0.4) is 0 Å². The molecule has 3 atom stereocenters. The number of carbonyl (C=O) groups is 1. The SMILES string of the molecule is CC[C@H](C(=O)O)c1ccc(C)cc1.N[C@@H]1c2cc3ccccc3cc2C[C@@H]1O. The zero-order valence-corrected chi connectivity index (χ0v) is 16.3. The van der Waals surface area contributed by atoms with Crippen molar-refractivity contribution in [3.63, 3.8) is 0 Å². The average molecular weight is 377 g/mol. The van der Waals surface area contributed by atoms with Crippen LogP contribution in [0.4, 0.5) is 0 Å². The smallest absolute Gasteiger partial charge is 0.310 e. The Bertz CT molecular complexity index is 965. The molecule has 0 spiro atoms. The van der Waals surface area contributed by atoms with E-state index in [2.05, 4.69) is 24.3 Å². The minimum Gasteiger partial charge on any atom is -0.481 e. The van der Waals surface area contributed by atoms with Gasteiger partial charge in [-0.1, -0.05) is 67.1 Å². The second kappa shape index (κ2) is 8.55. The summed E-state index contributed by atoms with van der Waals surface area (Å²) in [4.78, 5) is 10.8. The van der Waals surface area contributed by atoms with Gasteiger partial charge in [0.25, 0.3) is 0 Å². The number of fused-ring (bicyclic) bond motifs is 2. The molecule has 4 rings (SSSR count). The molecule has 0 saturated heterocycles. The lowest BCUT2D eigenvalue weighted by Gasteiger charge is -2.09. The fraction of sp³-hybridized carbons (Fsp3) is 0.292. The Morgan fingerprint density at radius 2 is 1.71 bits per heavy atom. The van der Waals surface area contributed by atoms with Crippen molar-refractivity contribution >= 4 is 16.7 Å². The molecule has 3 aromatic rings. The molecule has 4 nitrogen and oxygen atoms in total. The average Bonchev–Trinajstić information content (AvgIpc) is 2.96. The number of aliphatic hydroxyl groups is 1. The van der Waals surface area contributed by atoms with Gasteiger partial charge >= 0.3 is 5.97 Å². The van der Waals surface area contributed by atoms with Gasteiger partial charge in [-0.3, -0.25) is 4.79 Å². The fourth-order valence-electron chi connectivity index (χ4n) is 3.70. The van der Waals surface area contributed by atoms with Gasteiger partial charge in [-0.15, -0.1) is 0 Å². The molecule has 4 heteroatoms. The van der Waals surface area contributed by atoms with Crippen LogP contribution in [0.5, 0.6) is 0 Å². The summed E-state index contributed by atoms with van der Waals surface area (Å²) in [6.45, 7) is 3.88. The predicted molar refractivity (Wildman–Crippen MR) is 112 cm³/mol. The van der Waals surface area contributed by atoms with Gasteiger partial charge in [-0.05, 0) is 46.9 Å². The van der Waals surface area contributed by atoms with E-state index in [4.69, 9.17) is 10.8 Å². The molecular formula is C24H27NO3. The first-order valence-corrected chi connectivity index (χ1v) is 9.65. The van der Waals surface area contributed by atoms with Gasteiger partial charge in [0.05, 0.1) is 18.1 Å². The number of hydrogen-bond acceptors (Lipinski definition) is 3. The molecule has 0 bridgehead atoms. The summed E-state index contributed by atoms with van der Waals surface area (Å²) in [6, 6.07) is 19.9. The van der Waals surface area contributed by atoms with Crippen LogP contribution < -0.4 is 5.73 Å². The molecule has 4 N–H and O–H groups in total. The number of benzene rings is 3. The molecule has 28 heavy (non-hydrogen) atoms. The van der Waals surface area contributed by atoms with Gasteiger partial charge in [0, 0.05) is 6.42 Å². The molecule has 0 radical (unpaired) electrons. The maximum Gasteiger partial charge on any atom is 0.310 e. The van der Waals surface area contributed by atoms with Crippen LogP contribution in [-0.2, 0) is 11.2 Å². The second-order valence-electron chi connectivity index (χ2n) is 7.41. The van der Waals surface area contributed by atoms with Crippen molar-refractivity contribution in [1.29, 1.82) is 0 Å². The lowest BCUT2D eigenvalue weighted by atomic mass is 9.96. The Labute approximate surface area is 165 Å². The first kappa shape index (κ1) is 20.1. The van der Waals surface area contributed by atoms with Crippen molar-refractivity contribution in [2.24, 2.45) is 5.73 Å². The quantitative estimate of drug-likeness (QED) is 0.634. The van der Waals surface area contributed by atoms with Crippen LogP contribution in [0.1, 0.15) is 47.6 Å². The lowest BCUT2D eigenvalue weighted by Crippen LogP contribution is -2.21. The van der Waals surface area contributed by atoms with Crippen molar-refractivity contribution in [3.8, 4) is 0 Å². The molecule has 146 valence electrons. The number of nitrogens with two attached hydrogens (primary N) is 1. The van der Waals surface area contributed by atoms with Crippen molar-refractivity contribution in [2.45, 2.75) is 44.8 Å². The van der Waals surface area contributed by atoms with Crippen LogP contribution in [0, 0.1) is 6.92 Å². The Kier molecular flexibility index (Phi) is 6.12. The Hall–Kier alpha value is -2.69. The van der Waals surface area contributed by atoms with E-state index in [0.29, 0.717) is 12.8 Å². The van der Waals surface area contributed by atoms with E-state index < -0.39 is 12.1 Å².